The number of nitrogens with one attached hydrogen (secondary N) is 1. The molecule has 2 nitrogen and oxygen atoms in total. The normalized spacial score (nSPS) is 15.7. The highest BCUT2D eigenvalue weighted by Gasteiger charge is 2.15. The molecular weight excluding hydrogens is 196 g/mol. The molecule has 0 aliphatic heterocycles. The summed E-state index contributed by atoms with van der Waals surface area (Å²) >= 11 is 0. The Morgan fingerprint density at radius 3 is 2.75 bits per heavy atom. The molecule has 88 valence electrons. The summed E-state index contributed by atoms with van der Waals surface area (Å²) in [5, 5.41) is 3.57. The van der Waals surface area contributed by atoms with Crippen LogP contribution < -0.4 is 5.32 Å². The lowest BCUT2D eigenvalue weighted by atomic mass is 9.93. The van der Waals surface area contributed by atoms with E-state index in [9.17, 15) is 0 Å². The highest BCUT2D eigenvalue weighted by Crippen LogP contribution is 2.27. The largest absolute Gasteiger partial charge is 0.384 e. The Labute approximate surface area is 98.5 Å². The van der Waals surface area contributed by atoms with Crippen LogP contribution in [0.3, 0.4) is 0 Å². The molecule has 0 saturated heterocycles. The van der Waals surface area contributed by atoms with Crippen molar-refractivity contribution in [3.8, 4) is 0 Å². The molecule has 1 N–H and O–H groups in total. The maximum Gasteiger partial charge on any atom is 0.0456 e. The summed E-state index contributed by atoms with van der Waals surface area (Å²) in [7, 11) is 0. The number of fused-ring (bicyclic) bond motifs is 1. The second-order valence-corrected chi connectivity index (χ2v) is 5.91. The summed E-state index contributed by atoms with van der Waals surface area (Å²) in [4.78, 5) is 4.48. The van der Waals surface area contributed by atoms with Gasteiger partial charge < -0.3 is 5.32 Å². The third-order valence-corrected chi connectivity index (χ3v) is 3.04. The molecule has 2 heteroatoms. The van der Waals surface area contributed by atoms with Gasteiger partial charge in [0, 0.05) is 24.1 Å². The van der Waals surface area contributed by atoms with Gasteiger partial charge in [-0.1, -0.05) is 20.8 Å². The molecule has 16 heavy (non-hydrogen) atoms. The minimum Gasteiger partial charge on any atom is -0.384 e. The maximum atomic E-state index is 4.48. The van der Waals surface area contributed by atoms with Gasteiger partial charge >= 0.3 is 0 Å². The van der Waals surface area contributed by atoms with E-state index >= 15 is 0 Å². The van der Waals surface area contributed by atoms with Crippen molar-refractivity contribution in [3.05, 3.63) is 23.5 Å². The molecule has 0 radical (unpaired) electrons. The molecule has 0 saturated carbocycles. The molecule has 0 aromatic carbocycles. The van der Waals surface area contributed by atoms with Crippen LogP contribution in [-0.4, -0.2) is 11.5 Å². The Hall–Kier alpha value is -1.05. The quantitative estimate of drug-likeness (QED) is 0.822. The molecule has 1 aliphatic carbocycles. The number of rotatable bonds is 2. The van der Waals surface area contributed by atoms with E-state index in [0.29, 0.717) is 5.41 Å². The fraction of sp³-hybridized carbons (Fsp3) is 0.643. The van der Waals surface area contributed by atoms with Crippen LogP contribution in [0, 0.1) is 5.41 Å². The van der Waals surface area contributed by atoms with Crippen molar-refractivity contribution >= 4 is 5.69 Å². The lowest BCUT2D eigenvalue weighted by Gasteiger charge is -2.23. The summed E-state index contributed by atoms with van der Waals surface area (Å²) in [6.07, 6.45) is 6.89. The smallest absolute Gasteiger partial charge is 0.0456 e. The van der Waals surface area contributed by atoms with Gasteiger partial charge in [-0.2, -0.15) is 0 Å². The average Bonchev–Trinajstić information content (AvgIpc) is 2.25. The van der Waals surface area contributed by atoms with Crippen LogP contribution in [0.2, 0.25) is 0 Å². The zero-order valence-corrected chi connectivity index (χ0v) is 10.6. The topological polar surface area (TPSA) is 24.9 Å². The Morgan fingerprint density at radius 2 is 2.00 bits per heavy atom. The predicted octanol–water partition coefficient (Wildman–Crippen LogP) is 3.42. The van der Waals surface area contributed by atoms with Gasteiger partial charge in [-0.05, 0) is 42.7 Å². The number of aromatic nitrogens is 1. The molecule has 0 unspecified atom stereocenters. The minimum atomic E-state index is 0.324. The molecule has 2 rings (SSSR count). The first-order valence-electron chi connectivity index (χ1n) is 6.27. The standard InChI is InChI=1S/C14H22N2/c1-14(2,3)10-16-13-8-9-15-12-7-5-4-6-11(12)13/h8-9H,4-7,10H2,1-3H3,(H,15,16). The van der Waals surface area contributed by atoms with Crippen molar-refractivity contribution in [2.45, 2.75) is 46.5 Å². The van der Waals surface area contributed by atoms with E-state index in [1.165, 1.54) is 36.2 Å². The van der Waals surface area contributed by atoms with Gasteiger partial charge in [0.15, 0.2) is 0 Å². The lowest BCUT2D eigenvalue weighted by molar-refractivity contribution is 0.442. The molecular formula is C14H22N2. The molecule has 1 aromatic rings. The van der Waals surface area contributed by atoms with Crippen molar-refractivity contribution in [1.82, 2.24) is 4.98 Å². The van der Waals surface area contributed by atoms with E-state index < -0.39 is 0 Å². The Balaban J connectivity index is 2.15. The molecule has 0 atom stereocenters. The third kappa shape index (κ3) is 2.75. The molecule has 1 aromatic heterocycles. The SMILES string of the molecule is CC(C)(C)CNc1ccnc2c1CCCC2. The summed E-state index contributed by atoms with van der Waals surface area (Å²) < 4.78 is 0. The molecule has 0 fully saturated rings. The van der Waals surface area contributed by atoms with Crippen LogP contribution in [0.5, 0.6) is 0 Å². The monoisotopic (exact) mass is 218 g/mol. The average molecular weight is 218 g/mol. The molecule has 0 amide bonds. The van der Waals surface area contributed by atoms with Gasteiger partial charge in [-0.3, -0.25) is 4.98 Å². The third-order valence-electron chi connectivity index (χ3n) is 3.04. The van der Waals surface area contributed by atoms with E-state index in [1.807, 2.05) is 6.20 Å². The second kappa shape index (κ2) is 4.44. The van der Waals surface area contributed by atoms with Crippen LogP contribution in [-0.2, 0) is 12.8 Å². The highest BCUT2D eigenvalue weighted by molar-refractivity contribution is 5.53. The van der Waals surface area contributed by atoms with Crippen LogP contribution >= 0.6 is 0 Å². The van der Waals surface area contributed by atoms with Crippen LogP contribution in [0.4, 0.5) is 5.69 Å². The second-order valence-electron chi connectivity index (χ2n) is 5.91. The molecule has 0 spiro atoms. The molecule has 1 aliphatic rings. The van der Waals surface area contributed by atoms with Crippen molar-refractivity contribution in [2.75, 3.05) is 11.9 Å². The number of hydrogen-bond acceptors (Lipinski definition) is 2. The van der Waals surface area contributed by atoms with Gasteiger partial charge in [0.2, 0.25) is 0 Å². The maximum absolute atomic E-state index is 4.48. The number of pyridine rings is 1. The van der Waals surface area contributed by atoms with Crippen molar-refractivity contribution in [2.24, 2.45) is 5.41 Å². The van der Waals surface area contributed by atoms with Crippen LogP contribution in [0.15, 0.2) is 12.3 Å². The summed E-state index contributed by atoms with van der Waals surface area (Å²) in [5.41, 5.74) is 4.40. The lowest BCUT2D eigenvalue weighted by Crippen LogP contribution is -2.20. The summed E-state index contributed by atoms with van der Waals surface area (Å²) in [6, 6.07) is 2.12. The first-order chi connectivity index (χ1) is 7.56. The Kier molecular flexibility index (Phi) is 3.17. The summed E-state index contributed by atoms with van der Waals surface area (Å²) in [6.45, 7) is 7.79. The van der Waals surface area contributed by atoms with Crippen molar-refractivity contribution < 1.29 is 0 Å². The number of anilines is 1. The molecule has 0 bridgehead atoms. The van der Waals surface area contributed by atoms with Crippen LogP contribution in [0.1, 0.15) is 44.9 Å². The van der Waals surface area contributed by atoms with E-state index in [1.54, 1.807) is 0 Å². The van der Waals surface area contributed by atoms with Gasteiger partial charge in [0.05, 0.1) is 0 Å². The van der Waals surface area contributed by atoms with E-state index in [0.717, 1.165) is 13.0 Å². The van der Waals surface area contributed by atoms with Crippen molar-refractivity contribution in [1.29, 1.82) is 0 Å². The van der Waals surface area contributed by atoms with E-state index in [-0.39, 0.29) is 0 Å². The number of hydrogen-bond donors (Lipinski definition) is 1. The minimum absolute atomic E-state index is 0.324. The molecule has 1 heterocycles. The fourth-order valence-corrected chi connectivity index (χ4v) is 2.15. The zero-order chi connectivity index (χ0) is 11.6. The van der Waals surface area contributed by atoms with Crippen molar-refractivity contribution in [3.63, 3.8) is 0 Å². The predicted molar refractivity (Wildman–Crippen MR) is 68.8 cm³/mol. The van der Waals surface area contributed by atoms with Gasteiger partial charge in [-0.25, -0.2) is 0 Å². The number of aryl methyl sites for hydroxylation is 1. The van der Waals surface area contributed by atoms with Gasteiger partial charge in [0.25, 0.3) is 0 Å². The van der Waals surface area contributed by atoms with E-state index in [2.05, 4.69) is 37.1 Å². The van der Waals surface area contributed by atoms with Gasteiger partial charge in [0.1, 0.15) is 0 Å². The van der Waals surface area contributed by atoms with E-state index in [4.69, 9.17) is 0 Å². The number of nitrogens with zero attached hydrogens (tertiary/aromatic N) is 1. The van der Waals surface area contributed by atoms with Gasteiger partial charge in [-0.15, -0.1) is 0 Å². The highest BCUT2D eigenvalue weighted by atomic mass is 14.9. The fourth-order valence-electron chi connectivity index (χ4n) is 2.15. The summed E-state index contributed by atoms with van der Waals surface area (Å²) in [5.74, 6) is 0. The Morgan fingerprint density at radius 1 is 1.25 bits per heavy atom. The zero-order valence-electron chi connectivity index (χ0n) is 10.6. The Bertz CT molecular complexity index is 363. The first kappa shape index (κ1) is 11.4. The van der Waals surface area contributed by atoms with Crippen LogP contribution in [0.25, 0.3) is 0 Å². The first-order valence-corrected chi connectivity index (χ1v) is 6.27.